The summed E-state index contributed by atoms with van der Waals surface area (Å²) in [5.74, 6) is 0. The van der Waals surface area contributed by atoms with Crippen molar-refractivity contribution in [3.63, 3.8) is 0 Å². The molecule has 13 heavy (non-hydrogen) atoms. The first-order valence-corrected chi connectivity index (χ1v) is 5.68. The number of unbranched alkanes of at least 4 members (excludes halogenated alkanes) is 1. The van der Waals surface area contributed by atoms with Gasteiger partial charge in [-0.2, -0.15) is 0 Å². The maximum absolute atomic E-state index is 9.60. The Bertz CT molecular complexity index is 106. The fourth-order valence-electron chi connectivity index (χ4n) is 1.51. The van der Waals surface area contributed by atoms with Crippen LogP contribution < -0.4 is 5.32 Å². The van der Waals surface area contributed by atoms with Crippen molar-refractivity contribution in [1.82, 2.24) is 5.32 Å². The Hall–Kier alpha value is -0.0800. The molecule has 0 aromatic rings. The minimum absolute atomic E-state index is 0.295. The molecule has 2 unspecified atom stereocenters. The summed E-state index contributed by atoms with van der Waals surface area (Å²) in [6.45, 7) is 6.50. The van der Waals surface area contributed by atoms with E-state index in [0.29, 0.717) is 6.04 Å². The number of nitrogens with one attached hydrogen (secondary N) is 1. The Morgan fingerprint density at radius 1 is 1.08 bits per heavy atom. The fourth-order valence-corrected chi connectivity index (χ4v) is 1.51. The Balaban J connectivity index is 3.53. The van der Waals surface area contributed by atoms with Crippen molar-refractivity contribution in [2.75, 3.05) is 0 Å². The van der Waals surface area contributed by atoms with Gasteiger partial charge in [0.1, 0.15) is 6.23 Å². The second kappa shape index (κ2) is 8.52. The van der Waals surface area contributed by atoms with Gasteiger partial charge >= 0.3 is 0 Å². The molecule has 0 aliphatic rings. The lowest BCUT2D eigenvalue weighted by Crippen LogP contribution is -2.37. The maximum atomic E-state index is 9.60. The first-order chi connectivity index (χ1) is 6.24. The third kappa shape index (κ3) is 7.03. The fraction of sp³-hybridized carbons (Fsp3) is 1.00. The zero-order valence-electron chi connectivity index (χ0n) is 9.34. The van der Waals surface area contributed by atoms with Crippen LogP contribution >= 0.6 is 0 Å². The lowest BCUT2D eigenvalue weighted by atomic mass is 10.1. The Kier molecular flexibility index (Phi) is 8.46. The Morgan fingerprint density at radius 3 is 2.23 bits per heavy atom. The largest absolute Gasteiger partial charge is 0.379 e. The molecule has 0 heterocycles. The first-order valence-electron chi connectivity index (χ1n) is 5.68. The van der Waals surface area contributed by atoms with Crippen LogP contribution in [0.4, 0.5) is 0 Å². The molecule has 2 atom stereocenters. The van der Waals surface area contributed by atoms with Gasteiger partial charge in [0.05, 0.1) is 0 Å². The normalized spacial score (nSPS) is 15.7. The van der Waals surface area contributed by atoms with E-state index in [-0.39, 0.29) is 6.23 Å². The van der Waals surface area contributed by atoms with Crippen molar-refractivity contribution in [3.05, 3.63) is 0 Å². The number of hydrogen-bond acceptors (Lipinski definition) is 2. The molecule has 0 spiro atoms. The van der Waals surface area contributed by atoms with Gasteiger partial charge in [0.25, 0.3) is 0 Å². The summed E-state index contributed by atoms with van der Waals surface area (Å²) in [7, 11) is 0. The highest BCUT2D eigenvalue weighted by Crippen LogP contribution is 2.04. The van der Waals surface area contributed by atoms with E-state index in [1.165, 1.54) is 12.8 Å². The summed E-state index contributed by atoms with van der Waals surface area (Å²) >= 11 is 0. The highest BCUT2D eigenvalue weighted by Gasteiger charge is 2.09. The van der Waals surface area contributed by atoms with E-state index >= 15 is 0 Å². The smallest absolute Gasteiger partial charge is 0.105 e. The molecular formula is C11H25NO. The van der Waals surface area contributed by atoms with Gasteiger partial charge < -0.3 is 5.11 Å². The molecular weight excluding hydrogens is 162 g/mol. The van der Waals surface area contributed by atoms with E-state index in [2.05, 4.69) is 26.1 Å². The topological polar surface area (TPSA) is 32.3 Å². The minimum Gasteiger partial charge on any atom is -0.379 e. The number of aliphatic hydroxyl groups is 1. The Labute approximate surface area is 82.7 Å². The summed E-state index contributed by atoms with van der Waals surface area (Å²) in [4.78, 5) is 0. The van der Waals surface area contributed by atoms with Crippen LogP contribution in [-0.2, 0) is 0 Å². The molecule has 2 N–H and O–H groups in total. The second-order valence-corrected chi connectivity index (χ2v) is 3.72. The van der Waals surface area contributed by atoms with Crippen molar-refractivity contribution in [3.8, 4) is 0 Å². The maximum Gasteiger partial charge on any atom is 0.105 e. The summed E-state index contributed by atoms with van der Waals surface area (Å²) in [5, 5.41) is 12.9. The van der Waals surface area contributed by atoms with E-state index in [1.807, 2.05) is 0 Å². The Morgan fingerprint density at radius 2 is 1.77 bits per heavy atom. The third-order valence-corrected chi connectivity index (χ3v) is 2.39. The summed E-state index contributed by atoms with van der Waals surface area (Å²) in [6.07, 6.45) is 6.32. The minimum atomic E-state index is -0.295. The van der Waals surface area contributed by atoms with Crippen LogP contribution in [0.25, 0.3) is 0 Å². The summed E-state index contributed by atoms with van der Waals surface area (Å²) in [5.41, 5.74) is 0. The van der Waals surface area contributed by atoms with Gasteiger partial charge in [0, 0.05) is 6.04 Å². The molecule has 0 aromatic heterocycles. The van der Waals surface area contributed by atoms with Crippen molar-refractivity contribution in [2.45, 2.75) is 71.6 Å². The molecule has 0 radical (unpaired) electrons. The molecule has 0 fully saturated rings. The van der Waals surface area contributed by atoms with Crippen molar-refractivity contribution in [2.24, 2.45) is 0 Å². The molecule has 0 aliphatic heterocycles. The zero-order valence-corrected chi connectivity index (χ0v) is 9.34. The van der Waals surface area contributed by atoms with Crippen LogP contribution in [0, 0.1) is 0 Å². The van der Waals surface area contributed by atoms with Crippen LogP contribution in [0.3, 0.4) is 0 Å². The average molecular weight is 187 g/mol. The molecule has 0 saturated carbocycles. The van der Waals surface area contributed by atoms with Crippen LogP contribution in [0.15, 0.2) is 0 Å². The lowest BCUT2D eigenvalue weighted by Gasteiger charge is -2.20. The summed E-state index contributed by atoms with van der Waals surface area (Å²) in [6, 6.07) is 0.497. The van der Waals surface area contributed by atoms with Gasteiger partial charge in [-0.25, -0.2) is 0 Å². The van der Waals surface area contributed by atoms with Gasteiger partial charge in [-0.3, -0.25) is 5.32 Å². The van der Waals surface area contributed by atoms with Gasteiger partial charge in [0.15, 0.2) is 0 Å². The molecule has 0 rings (SSSR count). The van der Waals surface area contributed by atoms with Crippen molar-refractivity contribution < 1.29 is 5.11 Å². The van der Waals surface area contributed by atoms with Crippen LogP contribution in [0.1, 0.15) is 59.3 Å². The molecule has 2 nitrogen and oxygen atoms in total. The number of aliphatic hydroxyl groups excluding tert-OH is 1. The molecule has 2 heteroatoms. The van der Waals surface area contributed by atoms with Crippen LogP contribution in [-0.4, -0.2) is 17.4 Å². The number of hydrogen-bond donors (Lipinski definition) is 2. The van der Waals surface area contributed by atoms with Crippen molar-refractivity contribution in [1.29, 1.82) is 0 Å². The predicted octanol–water partition coefficient (Wildman–Crippen LogP) is 2.66. The van der Waals surface area contributed by atoms with E-state index in [4.69, 9.17) is 0 Å². The van der Waals surface area contributed by atoms with Gasteiger partial charge in [-0.15, -0.1) is 0 Å². The lowest BCUT2D eigenvalue weighted by molar-refractivity contribution is 0.107. The molecule has 80 valence electrons. The van der Waals surface area contributed by atoms with E-state index in [1.54, 1.807) is 0 Å². The molecule has 0 aromatic carbocycles. The van der Waals surface area contributed by atoms with Gasteiger partial charge in [0.2, 0.25) is 0 Å². The van der Waals surface area contributed by atoms with Crippen LogP contribution in [0.5, 0.6) is 0 Å². The van der Waals surface area contributed by atoms with E-state index in [9.17, 15) is 5.11 Å². The quantitative estimate of drug-likeness (QED) is 0.573. The second-order valence-electron chi connectivity index (χ2n) is 3.72. The summed E-state index contributed by atoms with van der Waals surface area (Å²) < 4.78 is 0. The molecule has 0 bridgehead atoms. The van der Waals surface area contributed by atoms with Gasteiger partial charge in [-0.05, 0) is 25.7 Å². The predicted molar refractivity (Wildman–Crippen MR) is 57.7 cm³/mol. The zero-order chi connectivity index (χ0) is 10.1. The standard InChI is InChI=1S/C11H25NO/c1-4-7-9-11(13)12-10(6-3)8-5-2/h10-13H,4-9H2,1-3H3. The SMILES string of the molecule is CCCCC(O)NC(CC)CCC. The molecule has 0 amide bonds. The monoisotopic (exact) mass is 187 g/mol. The third-order valence-electron chi connectivity index (χ3n) is 2.39. The highest BCUT2D eigenvalue weighted by molar-refractivity contribution is 4.66. The molecule has 0 aliphatic carbocycles. The highest BCUT2D eigenvalue weighted by atomic mass is 16.3. The van der Waals surface area contributed by atoms with Gasteiger partial charge in [-0.1, -0.05) is 33.6 Å². The van der Waals surface area contributed by atoms with E-state index < -0.39 is 0 Å². The number of rotatable bonds is 8. The van der Waals surface area contributed by atoms with E-state index in [0.717, 1.165) is 25.7 Å². The first kappa shape index (κ1) is 12.9. The van der Waals surface area contributed by atoms with Crippen molar-refractivity contribution >= 4 is 0 Å². The average Bonchev–Trinajstić information content (AvgIpc) is 2.14. The molecule has 0 saturated heterocycles. The van der Waals surface area contributed by atoms with Crippen LogP contribution in [0.2, 0.25) is 0 Å².